The normalized spacial score (nSPS) is 11.5. The second-order valence-electron chi connectivity index (χ2n) is 4.49. The van der Waals surface area contributed by atoms with E-state index in [4.69, 9.17) is 20.5 Å². The maximum atomic E-state index is 6.06. The van der Waals surface area contributed by atoms with Crippen LogP contribution in [-0.2, 0) is 4.43 Å². The number of benzene rings is 1. The van der Waals surface area contributed by atoms with Crippen LogP contribution in [0.25, 0.3) is 0 Å². The van der Waals surface area contributed by atoms with Gasteiger partial charge in [0, 0.05) is 6.61 Å². The Hall–Kier alpha value is -0.513. The number of para-hydroxylation sites is 1. The number of hydrogen-bond acceptors (Lipinski definition) is 2. The van der Waals surface area contributed by atoms with Crippen LogP contribution in [0.3, 0.4) is 0 Å². The van der Waals surface area contributed by atoms with Crippen molar-refractivity contribution in [3.05, 3.63) is 29.3 Å². The molecule has 0 fully saturated rings. The van der Waals surface area contributed by atoms with Gasteiger partial charge < -0.3 is 8.85 Å². The predicted molar refractivity (Wildman–Crippen MR) is 75.0 cm³/mol. The first-order valence-electron chi connectivity index (χ1n) is 6.12. The van der Waals surface area contributed by atoms with Gasteiger partial charge in [-0.3, -0.25) is 0 Å². The molecule has 1 rings (SSSR count). The van der Waals surface area contributed by atoms with Gasteiger partial charge in [0.1, 0.15) is 5.75 Å². The lowest BCUT2D eigenvalue weighted by Crippen LogP contribution is -2.38. The van der Waals surface area contributed by atoms with E-state index in [-0.39, 0.29) is 0 Å². The fraction of sp³-hybridized carbons (Fsp3) is 0.538. The van der Waals surface area contributed by atoms with E-state index in [1.165, 1.54) is 12.8 Å². The summed E-state index contributed by atoms with van der Waals surface area (Å²) in [6.07, 6.45) is 3.51. The van der Waals surface area contributed by atoms with Gasteiger partial charge in [0.05, 0.1) is 5.02 Å². The van der Waals surface area contributed by atoms with E-state index in [0.29, 0.717) is 5.02 Å². The molecule has 0 heterocycles. The first-order valence-corrected chi connectivity index (χ1v) is 9.32. The topological polar surface area (TPSA) is 18.5 Å². The van der Waals surface area contributed by atoms with Crippen molar-refractivity contribution in [2.75, 3.05) is 6.61 Å². The molecule has 0 aromatic heterocycles. The minimum atomic E-state index is -2.11. The Balaban J connectivity index is 2.46. The average molecular weight is 273 g/mol. The summed E-state index contributed by atoms with van der Waals surface area (Å²) >= 11 is 6.06. The summed E-state index contributed by atoms with van der Waals surface area (Å²) in [7, 11) is -2.11. The fourth-order valence-electron chi connectivity index (χ4n) is 1.49. The van der Waals surface area contributed by atoms with Crippen LogP contribution in [0.5, 0.6) is 5.75 Å². The van der Waals surface area contributed by atoms with E-state index in [2.05, 4.69) is 6.92 Å². The minimum absolute atomic E-state index is 0.644. The highest BCUT2D eigenvalue weighted by molar-refractivity contribution is 6.65. The smallest absolute Gasteiger partial charge is 0.392 e. The van der Waals surface area contributed by atoms with Crippen LogP contribution >= 0.6 is 11.6 Å². The lowest BCUT2D eigenvalue weighted by molar-refractivity contribution is 0.241. The van der Waals surface area contributed by atoms with E-state index in [1.807, 2.05) is 37.4 Å². The molecule has 0 saturated carbocycles. The highest BCUT2D eigenvalue weighted by Crippen LogP contribution is 2.26. The Morgan fingerprint density at radius 3 is 2.53 bits per heavy atom. The Labute approximate surface area is 110 Å². The number of halogens is 1. The van der Waals surface area contributed by atoms with Gasteiger partial charge in [0.25, 0.3) is 0 Å². The summed E-state index contributed by atoms with van der Waals surface area (Å²) in [6, 6.07) is 7.53. The molecule has 0 aliphatic heterocycles. The van der Waals surface area contributed by atoms with Gasteiger partial charge >= 0.3 is 8.56 Å². The maximum Gasteiger partial charge on any atom is 0.392 e. The Morgan fingerprint density at radius 2 is 1.88 bits per heavy atom. The zero-order valence-electron chi connectivity index (χ0n) is 10.8. The van der Waals surface area contributed by atoms with Gasteiger partial charge in [-0.25, -0.2) is 0 Å². The van der Waals surface area contributed by atoms with Crippen molar-refractivity contribution in [3.63, 3.8) is 0 Å². The minimum Gasteiger partial charge on any atom is -0.519 e. The maximum absolute atomic E-state index is 6.06. The molecule has 0 spiro atoms. The largest absolute Gasteiger partial charge is 0.519 e. The second kappa shape index (κ2) is 7.04. The van der Waals surface area contributed by atoms with Crippen LogP contribution in [0.1, 0.15) is 26.2 Å². The van der Waals surface area contributed by atoms with Gasteiger partial charge in [0.15, 0.2) is 0 Å². The van der Waals surface area contributed by atoms with Crippen molar-refractivity contribution in [1.82, 2.24) is 0 Å². The second-order valence-corrected chi connectivity index (χ2v) is 8.19. The summed E-state index contributed by atoms with van der Waals surface area (Å²) in [6.45, 7) is 7.05. The fourth-order valence-corrected chi connectivity index (χ4v) is 3.13. The molecule has 0 radical (unpaired) electrons. The third-order valence-corrected chi connectivity index (χ3v) is 4.31. The lowest BCUT2D eigenvalue weighted by Gasteiger charge is -2.24. The van der Waals surface area contributed by atoms with Crippen LogP contribution < -0.4 is 4.43 Å². The monoisotopic (exact) mass is 272 g/mol. The van der Waals surface area contributed by atoms with Gasteiger partial charge in [-0.2, -0.15) is 0 Å². The van der Waals surface area contributed by atoms with Gasteiger partial charge in [0.2, 0.25) is 0 Å². The molecular weight excluding hydrogens is 252 g/mol. The summed E-state index contributed by atoms with van der Waals surface area (Å²) in [5.41, 5.74) is 0. The molecule has 4 heteroatoms. The van der Waals surface area contributed by atoms with Crippen LogP contribution in [0.15, 0.2) is 24.3 Å². The van der Waals surface area contributed by atoms with E-state index < -0.39 is 8.56 Å². The number of unbranched alkanes of at least 4 members (excludes halogenated alkanes) is 2. The highest BCUT2D eigenvalue weighted by atomic mass is 35.5. The highest BCUT2D eigenvalue weighted by Gasteiger charge is 2.27. The summed E-state index contributed by atoms with van der Waals surface area (Å²) in [4.78, 5) is 0. The van der Waals surface area contributed by atoms with Crippen LogP contribution in [0.2, 0.25) is 18.1 Å². The van der Waals surface area contributed by atoms with Gasteiger partial charge in [-0.1, -0.05) is 43.5 Å². The zero-order valence-corrected chi connectivity index (χ0v) is 12.6. The standard InChI is InChI=1S/C13H21ClO2Si/c1-4-5-8-11-15-17(2,3)16-13-10-7-6-9-12(13)14/h6-7,9-10H,4-5,8,11H2,1-3H3. The van der Waals surface area contributed by atoms with Crippen LogP contribution in [-0.4, -0.2) is 15.2 Å². The Kier molecular flexibility index (Phi) is 6.02. The molecule has 0 unspecified atom stereocenters. The molecule has 0 saturated heterocycles. The van der Waals surface area contributed by atoms with Crippen molar-refractivity contribution in [1.29, 1.82) is 0 Å². The summed E-state index contributed by atoms with van der Waals surface area (Å²) in [5, 5.41) is 0.644. The van der Waals surface area contributed by atoms with Gasteiger partial charge in [-0.05, 0) is 31.6 Å². The number of hydrogen-bond donors (Lipinski definition) is 0. The average Bonchev–Trinajstić information content (AvgIpc) is 2.28. The molecule has 17 heavy (non-hydrogen) atoms. The van der Waals surface area contributed by atoms with Crippen molar-refractivity contribution < 1.29 is 8.85 Å². The molecule has 0 aliphatic carbocycles. The third-order valence-electron chi connectivity index (χ3n) is 2.39. The quantitative estimate of drug-likeness (QED) is 0.532. The summed E-state index contributed by atoms with van der Waals surface area (Å²) in [5.74, 6) is 0.723. The van der Waals surface area contributed by atoms with E-state index in [9.17, 15) is 0 Å². The predicted octanol–water partition coefficient (Wildman–Crippen LogP) is 4.63. The van der Waals surface area contributed by atoms with Crippen molar-refractivity contribution in [3.8, 4) is 5.75 Å². The molecule has 0 atom stereocenters. The van der Waals surface area contributed by atoms with Crippen molar-refractivity contribution in [2.45, 2.75) is 39.3 Å². The SMILES string of the molecule is CCCCCO[Si](C)(C)Oc1ccccc1Cl. The molecule has 0 N–H and O–H groups in total. The molecule has 0 aliphatic rings. The van der Waals surface area contributed by atoms with Crippen LogP contribution in [0.4, 0.5) is 0 Å². The van der Waals surface area contributed by atoms with E-state index in [0.717, 1.165) is 18.8 Å². The molecule has 1 aromatic carbocycles. The Morgan fingerprint density at radius 1 is 1.18 bits per heavy atom. The Bertz CT molecular complexity index is 342. The molecule has 1 aromatic rings. The molecule has 2 nitrogen and oxygen atoms in total. The van der Waals surface area contributed by atoms with Crippen LogP contribution in [0, 0.1) is 0 Å². The van der Waals surface area contributed by atoms with Gasteiger partial charge in [-0.15, -0.1) is 0 Å². The van der Waals surface area contributed by atoms with E-state index in [1.54, 1.807) is 0 Å². The first kappa shape index (κ1) is 14.5. The molecule has 0 bridgehead atoms. The lowest BCUT2D eigenvalue weighted by atomic mass is 10.3. The first-order chi connectivity index (χ1) is 8.05. The molecular formula is C13H21ClO2Si. The van der Waals surface area contributed by atoms with E-state index >= 15 is 0 Å². The summed E-state index contributed by atoms with van der Waals surface area (Å²) < 4.78 is 11.7. The van der Waals surface area contributed by atoms with Crippen molar-refractivity contribution in [2.24, 2.45) is 0 Å². The molecule has 96 valence electrons. The zero-order chi connectivity index (χ0) is 12.7. The third kappa shape index (κ3) is 5.57. The number of rotatable bonds is 7. The van der Waals surface area contributed by atoms with Crippen molar-refractivity contribution >= 4 is 20.2 Å². The molecule has 0 amide bonds.